The predicted octanol–water partition coefficient (Wildman–Crippen LogP) is 3.93. The van der Waals surface area contributed by atoms with Gasteiger partial charge in [0.15, 0.2) is 5.11 Å². The molecule has 24 heavy (non-hydrogen) atoms. The summed E-state index contributed by atoms with van der Waals surface area (Å²) in [5.74, 6) is -0.997. The van der Waals surface area contributed by atoms with Crippen LogP contribution in [0, 0.1) is 0 Å². The Morgan fingerprint density at radius 3 is 2.50 bits per heavy atom. The number of carbonyl (C=O) groups is 2. The number of amides is 2. The Hall–Kier alpha value is -2.02. The lowest BCUT2D eigenvalue weighted by Gasteiger charge is -2.29. The lowest BCUT2D eigenvalue weighted by Crippen LogP contribution is -2.54. The fraction of sp³-hybridized carbons (Fsp3) is 0. The van der Waals surface area contributed by atoms with Gasteiger partial charge in [0, 0.05) is 9.50 Å². The minimum absolute atomic E-state index is 0.00546. The molecule has 4 nitrogen and oxygen atoms in total. The molecule has 0 saturated carbocycles. The fourth-order valence-electron chi connectivity index (χ4n) is 2.23. The molecule has 1 aliphatic rings. The molecule has 2 amide bonds. The van der Waals surface area contributed by atoms with Crippen molar-refractivity contribution >= 4 is 68.4 Å². The van der Waals surface area contributed by atoms with Crippen LogP contribution in [-0.2, 0) is 9.59 Å². The number of anilines is 1. The number of benzene rings is 2. The van der Waals surface area contributed by atoms with Gasteiger partial charge in [0.1, 0.15) is 5.57 Å². The van der Waals surface area contributed by atoms with Crippen molar-refractivity contribution in [2.75, 3.05) is 4.90 Å². The molecule has 2 aromatic carbocycles. The predicted molar refractivity (Wildman–Crippen MR) is 102 cm³/mol. The molecule has 0 atom stereocenters. The van der Waals surface area contributed by atoms with Crippen molar-refractivity contribution in [1.82, 2.24) is 5.32 Å². The van der Waals surface area contributed by atoms with E-state index < -0.39 is 11.8 Å². The van der Waals surface area contributed by atoms with E-state index in [9.17, 15) is 9.59 Å². The van der Waals surface area contributed by atoms with Crippen LogP contribution in [-0.4, -0.2) is 16.9 Å². The average Bonchev–Trinajstić information content (AvgIpc) is 2.53. The molecule has 1 fully saturated rings. The maximum Gasteiger partial charge on any atom is 0.270 e. The molecule has 1 aliphatic heterocycles. The van der Waals surface area contributed by atoms with Crippen LogP contribution in [0.2, 0.25) is 5.02 Å². The van der Waals surface area contributed by atoms with E-state index in [4.69, 9.17) is 23.8 Å². The van der Waals surface area contributed by atoms with Gasteiger partial charge in [-0.05, 0) is 54.2 Å². The molecule has 0 aliphatic carbocycles. The van der Waals surface area contributed by atoms with Crippen LogP contribution in [0.4, 0.5) is 5.69 Å². The van der Waals surface area contributed by atoms with Gasteiger partial charge in [0.05, 0.1) is 5.69 Å². The third-order valence-corrected chi connectivity index (χ3v) is 4.38. The van der Waals surface area contributed by atoms with E-state index in [1.165, 1.54) is 11.0 Å². The summed E-state index contributed by atoms with van der Waals surface area (Å²) in [5.41, 5.74) is 1.27. The van der Waals surface area contributed by atoms with Gasteiger partial charge in [-0.2, -0.15) is 0 Å². The molecule has 0 radical (unpaired) electrons. The fourth-order valence-corrected chi connectivity index (χ4v) is 3.03. The normalized spacial score (nSPS) is 16.5. The molecule has 120 valence electrons. The molecule has 1 heterocycles. The van der Waals surface area contributed by atoms with Crippen molar-refractivity contribution in [1.29, 1.82) is 0 Å². The first-order valence-electron chi connectivity index (χ1n) is 6.88. The monoisotopic (exact) mass is 420 g/mol. The summed E-state index contributed by atoms with van der Waals surface area (Å²) < 4.78 is 0.802. The highest BCUT2D eigenvalue weighted by atomic mass is 79.9. The Morgan fingerprint density at radius 2 is 1.83 bits per heavy atom. The maximum absolute atomic E-state index is 12.8. The summed E-state index contributed by atoms with van der Waals surface area (Å²) in [6, 6.07) is 14.0. The largest absolute Gasteiger partial charge is 0.298 e. The van der Waals surface area contributed by atoms with E-state index in [0.717, 1.165) is 4.47 Å². The van der Waals surface area contributed by atoms with Crippen LogP contribution in [0.15, 0.2) is 58.6 Å². The molecular formula is C17H10BrClN2O2S. The third-order valence-electron chi connectivity index (χ3n) is 3.35. The zero-order valence-electron chi connectivity index (χ0n) is 12.1. The second-order valence-corrected chi connectivity index (χ2v) is 6.73. The van der Waals surface area contributed by atoms with E-state index in [0.29, 0.717) is 16.3 Å². The number of nitrogens with zero attached hydrogens (tertiary/aromatic N) is 1. The van der Waals surface area contributed by atoms with E-state index >= 15 is 0 Å². The van der Waals surface area contributed by atoms with Crippen molar-refractivity contribution in [3.8, 4) is 0 Å². The molecular weight excluding hydrogens is 412 g/mol. The maximum atomic E-state index is 12.8. The van der Waals surface area contributed by atoms with Crippen LogP contribution in [0.1, 0.15) is 5.56 Å². The first-order valence-corrected chi connectivity index (χ1v) is 8.46. The van der Waals surface area contributed by atoms with E-state index in [1.807, 2.05) is 6.07 Å². The molecule has 0 spiro atoms. The van der Waals surface area contributed by atoms with Gasteiger partial charge < -0.3 is 0 Å². The zero-order valence-corrected chi connectivity index (χ0v) is 15.3. The van der Waals surface area contributed by atoms with E-state index in [2.05, 4.69) is 21.2 Å². The molecule has 0 unspecified atom stereocenters. The SMILES string of the molecule is O=C1NC(=S)N(c2cccc(Br)c2)C(=O)C1=Cc1ccc(Cl)cc1. The second-order valence-electron chi connectivity index (χ2n) is 4.99. The molecule has 3 rings (SSSR count). The number of rotatable bonds is 2. The zero-order chi connectivity index (χ0) is 17.3. The first kappa shape index (κ1) is 16.8. The molecule has 2 aromatic rings. The number of nitrogens with one attached hydrogen (secondary N) is 1. The number of hydrogen-bond acceptors (Lipinski definition) is 3. The quantitative estimate of drug-likeness (QED) is 0.454. The minimum atomic E-state index is -0.522. The molecule has 1 N–H and O–H groups in total. The topological polar surface area (TPSA) is 49.4 Å². The van der Waals surface area contributed by atoms with Crippen LogP contribution in [0.3, 0.4) is 0 Å². The van der Waals surface area contributed by atoms with Crippen molar-refractivity contribution in [2.24, 2.45) is 0 Å². The smallest absolute Gasteiger partial charge is 0.270 e. The summed E-state index contributed by atoms with van der Waals surface area (Å²) in [4.78, 5) is 26.3. The van der Waals surface area contributed by atoms with Gasteiger partial charge >= 0.3 is 0 Å². The number of halogens is 2. The molecule has 1 saturated heterocycles. The Bertz CT molecular complexity index is 880. The van der Waals surface area contributed by atoms with Crippen LogP contribution in [0.5, 0.6) is 0 Å². The second kappa shape index (κ2) is 6.84. The summed E-state index contributed by atoms with van der Waals surface area (Å²) in [7, 11) is 0. The number of hydrogen-bond donors (Lipinski definition) is 1. The van der Waals surface area contributed by atoms with E-state index in [1.54, 1.807) is 42.5 Å². The highest BCUT2D eigenvalue weighted by Crippen LogP contribution is 2.25. The van der Waals surface area contributed by atoms with Gasteiger partial charge in [-0.1, -0.05) is 45.7 Å². The Kier molecular flexibility index (Phi) is 4.80. The van der Waals surface area contributed by atoms with Gasteiger partial charge in [0.2, 0.25) is 0 Å². The minimum Gasteiger partial charge on any atom is -0.298 e. The summed E-state index contributed by atoms with van der Waals surface area (Å²) in [5, 5.41) is 3.18. The molecule has 0 bridgehead atoms. The Morgan fingerprint density at radius 1 is 1.12 bits per heavy atom. The van der Waals surface area contributed by atoms with Crippen molar-refractivity contribution in [2.45, 2.75) is 0 Å². The Balaban J connectivity index is 2.01. The van der Waals surface area contributed by atoms with Gasteiger partial charge in [0.25, 0.3) is 11.8 Å². The molecule has 7 heteroatoms. The van der Waals surface area contributed by atoms with Crippen LogP contribution >= 0.6 is 39.7 Å². The number of carbonyl (C=O) groups excluding carboxylic acids is 2. The summed E-state index contributed by atoms with van der Waals surface area (Å²) in [6.07, 6.45) is 1.51. The molecule has 0 aromatic heterocycles. The van der Waals surface area contributed by atoms with Crippen LogP contribution < -0.4 is 10.2 Å². The highest BCUT2D eigenvalue weighted by molar-refractivity contribution is 9.10. The third kappa shape index (κ3) is 3.40. The van der Waals surface area contributed by atoms with E-state index in [-0.39, 0.29) is 10.7 Å². The highest BCUT2D eigenvalue weighted by Gasteiger charge is 2.34. The lowest BCUT2D eigenvalue weighted by atomic mass is 10.1. The first-order chi connectivity index (χ1) is 11.5. The van der Waals surface area contributed by atoms with Gasteiger partial charge in [-0.15, -0.1) is 0 Å². The summed E-state index contributed by atoms with van der Waals surface area (Å²) in [6.45, 7) is 0. The standard InChI is InChI=1S/C17H10BrClN2O2S/c18-11-2-1-3-13(9-11)21-16(23)14(15(22)20-17(21)24)8-10-4-6-12(19)7-5-10/h1-9H,(H,20,22,24). The Labute approximate surface area is 157 Å². The number of thiocarbonyl (C=S) groups is 1. The van der Waals surface area contributed by atoms with Gasteiger partial charge in [-0.3, -0.25) is 19.8 Å². The van der Waals surface area contributed by atoms with Crippen LogP contribution in [0.25, 0.3) is 6.08 Å². The van der Waals surface area contributed by atoms with Crippen molar-refractivity contribution in [3.63, 3.8) is 0 Å². The summed E-state index contributed by atoms with van der Waals surface area (Å²) >= 11 is 14.4. The van der Waals surface area contributed by atoms with Crippen molar-refractivity contribution < 1.29 is 9.59 Å². The lowest BCUT2D eigenvalue weighted by molar-refractivity contribution is -0.122. The van der Waals surface area contributed by atoms with Crippen molar-refractivity contribution in [3.05, 3.63) is 69.2 Å². The average molecular weight is 422 g/mol. The van der Waals surface area contributed by atoms with Gasteiger partial charge in [-0.25, -0.2) is 0 Å².